The summed E-state index contributed by atoms with van der Waals surface area (Å²) in [6, 6.07) is 5.05. The van der Waals surface area contributed by atoms with Crippen molar-refractivity contribution in [3.05, 3.63) is 34.6 Å². The topological polar surface area (TPSA) is 21.3 Å². The lowest BCUT2D eigenvalue weighted by Crippen LogP contribution is -2.50. The summed E-state index contributed by atoms with van der Waals surface area (Å²) in [5.74, 6) is -0.377. The van der Waals surface area contributed by atoms with E-state index >= 15 is 0 Å². The first-order chi connectivity index (χ1) is 9.40. The average Bonchev–Trinajstić information content (AvgIpc) is 2.38. The molecule has 1 unspecified atom stereocenters. The van der Waals surface area contributed by atoms with Gasteiger partial charge >= 0.3 is 0 Å². The van der Waals surface area contributed by atoms with Crippen molar-refractivity contribution >= 4 is 11.6 Å². The summed E-state index contributed by atoms with van der Waals surface area (Å²) >= 11 is 5.85. The van der Waals surface area contributed by atoms with E-state index in [9.17, 15) is 4.39 Å². The van der Waals surface area contributed by atoms with E-state index in [0.29, 0.717) is 6.61 Å². The Morgan fingerprint density at radius 2 is 2.05 bits per heavy atom. The maximum absolute atomic E-state index is 13.2. The van der Waals surface area contributed by atoms with E-state index in [2.05, 4.69) is 26.1 Å². The van der Waals surface area contributed by atoms with Gasteiger partial charge in [-0.2, -0.15) is 0 Å². The molecular formula is C16H25ClFNO. The normalized spacial score (nSPS) is 13.5. The largest absolute Gasteiger partial charge is 0.374 e. The van der Waals surface area contributed by atoms with Gasteiger partial charge in [0.25, 0.3) is 0 Å². The van der Waals surface area contributed by atoms with Gasteiger partial charge in [0.15, 0.2) is 0 Å². The van der Waals surface area contributed by atoms with Crippen LogP contribution in [-0.2, 0) is 11.2 Å². The van der Waals surface area contributed by atoms with Gasteiger partial charge in [0.2, 0.25) is 0 Å². The summed E-state index contributed by atoms with van der Waals surface area (Å²) in [5.41, 5.74) is 0.725. The predicted molar refractivity (Wildman–Crippen MR) is 82.9 cm³/mol. The highest BCUT2D eigenvalue weighted by atomic mass is 35.5. The fourth-order valence-corrected chi connectivity index (χ4v) is 2.46. The van der Waals surface area contributed by atoms with E-state index in [0.717, 1.165) is 24.9 Å². The van der Waals surface area contributed by atoms with Crippen LogP contribution in [0.1, 0.15) is 39.7 Å². The molecule has 1 aromatic rings. The Morgan fingerprint density at radius 1 is 1.35 bits per heavy atom. The summed E-state index contributed by atoms with van der Waals surface area (Å²) in [6.07, 6.45) is 1.82. The lowest BCUT2D eigenvalue weighted by Gasteiger charge is -2.35. The van der Waals surface area contributed by atoms with Crippen LogP contribution in [0.4, 0.5) is 4.39 Å². The SMILES string of the molecule is CCCNC(Cc1ccc(F)c(Cl)c1)C(C)(C)OCC. The Bertz CT molecular complexity index is 423. The highest BCUT2D eigenvalue weighted by Crippen LogP contribution is 2.22. The first-order valence-electron chi connectivity index (χ1n) is 7.22. The van der Waals surface area contributed by atoms with Gasteiger partial charge < -0.3 is 10.1 Å². The molecule has 0 radical (unpaired) electrons. The van der Waals surface area contributed by atoms with Crippen molar-refractivity contribution in [1.82, 2.24) is 5.32 Å². The molecule has 1 aromatic carbocycles. The molecule has 0 aliphatic carbocycles. The van der Waals surface area contributed by atoms with Gasteiger partial charge in [-0.05, 0) is 57.9 Å². The van der Waals surface area contributed by atoms with Crippen LogP contribution in [0.15, 0.2) is 18.2 Å². The Kier molecular flexibility index (Phi) is 6.93. The summed E-state index contributed by atoms with van der Waals surface area (Å²) < 4.78 is 19.1. The monoisotopic (exact) mass is 301 g/mol. The standard InChI is InChI=1S/C16H25ClFNO/c1-5-9-19-15(16(3,4)20-6-2)11-12-7-8-14(18)13(17)10-12/h7-8,10,15,19H,5-6,9,11H2,1-4H3. The number of hydrogen-bond donors (Lipinski definition) is 1. The predicted octanol–water partition coefficient (Wildman–Crippen LogP) is 4.20. The molecule has 0 aliphatic rings. The molecule has 0 amide bonds. The summed E-state index contributed by atoms with van der Waals surface area (Å²) in [4.78, 5) is 0. The smallest absolute Gasteiger partial charge is 0.141 e. The Labute approximate surface area is 126 Å². The second-order valence-electron chi connectivity index (χ2n) is 5.50. The minimum absolute atomic E-state index is 0.156. The first-order valence-corrected chi connectivity index (χ1v) is 7.59. The van der Waals surface area contributed by atoms with Crippen LogP contribution < -0.4 is 5.32 Å². The van der Waals surface area contributed by atoms with Gasteiger partial charge in [-0.25, -0.2) is 4.39 Å². The molecule has 114 valence electrons. The van der Waals surface area contributed by atoms with Gasteiger partial charge in [0, 0.05) is 12.6 Å². The summed E-state index contributed by atoms with van der Waals surface area (Å²) in [5, 5.41) is 3.69. The van der Waals surface area contributed by atoms with Crippen molar-refractivity contribution in [2.24, 2.45) is 0 Å². The first kappa shape index (κ1) is 17.4. The minimum Gasteiger partial charge on any atom is -0.374 e. The maximum atomic E-state index is 13.2. The highest BCUT2D eigenvalue weighted by molar-refractivity contribution is 6.30. The van der Waals surface area contributed by atoms with Crippen molar-refractivity contribution in [1.29, 1.82) is 0 Å². The fourth-order valence-electron chi connectivity index (χ4n) is 2.26. The molecular weight excluding hydrogens is 277 g/mol. The molecule has 0 saturated heterocycles. The van der Waals surface area contributed by atoms with Gasteiger partial charge in [-0.15, -0.1) is 0 Å². The zero-order valence-electron chi connectivity index (χ0n) is 12.8. The molecule has 0 bridgehead atoms. The molecule has 0 heterocycles. The zero-order valence-corrected chi connectivity index (χ0v) is 13.6. The van der Waals surface area contributed by atoms with Crippen molar-refractivity contribution in [2.45, 2.75) is 52.2 Å². The number of ether oxygens (including phenoxy) is 1. The minimum atomic E-state index is -0.377. The van der Waals surface area contributed by atoms with Crippen molar-refractivity contribution in [3.8, 4) is 0 Å². The van der Waals surface area contributed by atoms with Crippen LogP contribution in [0.3, 0.4) is 0 Å². The molecule has 0 saturated carbocycles. The number of benzene rings is 1. The second kappa shape index (κ2) is 7.96. The van der Waals surface area contributed by atoms with Crippen LogP contribution in [-0.4, -0.2) is 24.8 Å². The van der Waals surface area contributed by atoms with E-state index in [1.165, 1.54) is 6.07 Å². The summed E-state index contributed by atoms with van der Waals surface area (Å²) in [7, 11) is 0. The van der Waals surface area contributed by atoms with Gasteiger partial charge in [0.05, 0.1) is 10.6 Å². The lowest BCUT2D eigenvalue weighted by atomic mass is 9.92. The van der Waals surface area contributed by atoms with E-state index in [1.807, 2.05) is 6.92 Å². The fraction of sp³-hybridized carbons (Fsp3) is 0.625. The molecule has 0 aromatic heterocycles. The van der Waals surface area contributed by atoms with Crippen LogP contribution in [0, 0.1) is 5.82 Å². The van der Waals surface area contributed by atoms with Gasteiger partial charge in [0.1, 0.15) is 5.82 Å². The zero-order chi connectivity index (χ0) is 15.2. The van der Waals surface area contributed by atoms with Gasteiger partial charge in [-0.3, -0.25) is 0 Å². The third-order valence-corrected chi connectivity index (χ3v) is 3.71. The van der Waals surface area contributed by atoms with E-state index in [4.69, 9.17) is 16.3 Å². The molecule has 0 spiro atoms. The molecule has 0 fully saturated rings. The maximum Gasteiger partial charge on any atom is 0.141 e. The van der Waals surface area contributed by atoms with Crippen molar-refractivity contribution in [3.63, 3.8) is 0 Å². The Hall–Kier alpha value is -0.640. The number of halogens is 2. The average molecular weight is 302 g/mol. The number of nitrogens with one attached hydrogen (secondary N) is 1. The molecule has 2 nitrogen and oxygen atoms in total. The quantitative estimate of drug-likeness (QED) is 0.777. The summed E-state index contributed by atoms with van der Waals surface area (Å²) in [6.45, 7) is 9.88. The second-order valence-corrected chi connectivity index (χ2v) is 5.90. The van der Waals surface area contributed by atoms with E-state index in [-0.39, 0.29) is 22.5 Å². The number of hydrogen-bond acceptors (Lipinski definition) is 2. The lowest BCUT2D eigenvalue weighted by molar-refractivity contribution is -0.0379. The molecule has 1 atom stereocenters. The van der Waals surface area contributed by atoms with Crippen LogP contribution in [0.2, 0.25) is 5.02 Å². The highest BCUT2D eigenvalue weighted by Gasteiger charge is 2.29. The van der Waals surface area contributed by atoms with E-state index < -0.39 is 0 Å². The third kappa shape index (κ3) is 5.04. The molecule has 1 rings (SSSR count). The van der Waals surface area contributed by atoms with Crippen LogP contribution in [0.5, 0.6) is 0 Å². The van der Waals surface area contributed by atoms with Crippen LogP contribution >= 0.6 is 11.6 Å². The van der Waals surface area contributed by atoms with Crippen LogP contribution in [0.25, 0.3) is 0 Å². The molecule has 4 heteroatoms. The number of rotatable bonds is 8. The molecule has 1 N–H and O–H groups in total. The third-order valence-electron chi connectivity index (χ3n) is 3.42. The van der Waals surface area contributed by atoms with Crippen molar-refractivity contribution in [2.75, 3.05) is 13.2 Å². The molecule has 0 aliphatic heterocycles. The Balaban J connectivity index is 2.85. The Morgan fingerprint density at radius 3 is 2.60 bits per heavy atom. The van der Waals surface area contributed by atoms with Gasteiger partial charge in [-0.1, -0.05) is 24.6 Å². The van der Waals surface area contributed by atoms with E-state index in [1.54, 1.807) is 12.1 Å². The molecule has 20 heavy (non-hydrogen) atoms. The van der Waals surface area contributed by atoms with Crippen molar-refractivity contribution < 1.29 is 9.13 Å².